The van der Waals surface area contributed by atoms with Gasteiger partial charge < -0.3 is 20.1 Å². The molecule has 5 nitrogen and oxygen atoms in total. The number of aliphatic imine (C=N–C) groups is 1. The standard InChI is InChI=1S/C16H16FN3O2/c1-22-14-3-2-8-20-9-11(10-21)15(19-16(14)20)18-13-6-4-12(17)5-7-13/h2-8,18,21H,9-10H2,1H3. The molecule has 0 spiro atoms. The number of halogens is 1. The molecule has 0 saturated heterocycles. The fourth-order valence-electron chi connectivity index (χ4n) is 2.30. The molecular formula is C16H16FN3O2. The molecule has 2 N–H and O–H groups in total. The van der Waals surface area contributed by atoms with Crippen LogP contribution in [0.15, 0.2) is 64.8 Å². The molecule has 22 heavy (non-hydrogen) atoms. The summed E-state index contributed by atoms with van der Waals surface area (Å²) in [5, 5.41) is 12.7. The number of nitrogens with one attached hydrogen (secondary N) is 1. The van der Waals surface area contributed by atoms with Crippen LogP contribution in [0.3, 0.4) is 0 Å². The highest BCUT2D eigenvalue weighted by atomic mass is 19.1. The number of methoxy groups -OCH3 is 1. The minimum Gasteiger partial charge on any atom is -0.493 e. The van der Waals surface area contributed by atoms with Gasteiger partial charge in [0, 0.05) is 17.5 Å². The Balaban J connectivity index is 1.92. The Hall–Kier alpha value is -2.60. The number of nitrogens with zero attached hydrogens (tertiary/aromatic N) is 2. The van der Waals surface area contributed by atoms with Crippen LogP contribution in [-0.4, -0.2) is 36.1 Å². The first-order chi connectivity index (χ1) is 10.7. The van der Waals surface area contributed by atoms with E-state index in [4.69, 9.17) is 4.74 Å². The predicted molar refractivity (Wildman–Crippen MR) is 82.5 cm³/mol. The first-order valence-electron chi connectivity index (χ1n) is 6.85. The van der Waals surface area contributed by atoms with Crippen LogP contribution < -0.4 is 5.32 Å². The van der Waals surface area contributed by atoms with Crippen molar-refractivity contribution in [1.82, 2.24) is 4.90 Å². The SMILES string of the molecule is COC1=CC=CN2CC(CO)=C(Nc3ccc(F)cc3)N=C12. The van der Waals surface area contributed by atoms with E-state index in [1.165, 1.54) is 12.1 Å². The molecule has 1 aromatic rings. The lowest BCUT2D eigenvalue weighted by molar-refractivity contribution is 0.298. The molecule has 0 fully saturated rings. The van der Waals surface area contributed by atoms with Gasteiger partial charge in [-0.1, -0.05) is 0 Å². The third-order valence-corrected chi connectivity index (χ3v) is 3.44. The summed E-state index contributed by atoms with van der Waals surface area (Å²) < 4.78 is 18.3. The fourth-order valence-corrected chi connectivity index (χ4v) is 2.30. The fraction of sp³-hybridized carbons (Fsp3) is 0.188. The van der Waals surface area contributed by atoms with Crippen molar-refractivity contribution in [2.45, 2.75) is 0 Å². The summed E-state index contributed by atoms with van der Waals surface area (Å²) in [7, 11) is 1.59. The molecule has 0 aromatic heterocycles. The molecule has 1 aromatic carbocycles. The first-order valence-corrected chi connectivity index (χ1v) is 6.85. The number of aliphatic hydroxyl groups is 1. The number of hydrogen-bond acceptors (Lipinski definition) is 5. The number of rotatable bonds is 4. The average molecular weight is 301 g/mol. The number of allylic oxidation sites excluding steroid dienone is 2. The topological polar surface area (TPSA) is 57.1 Å². The van der Waals surface area contributed by atoms with Crippen LogP contribution in [0, 0.1) is 5.82 Å². The molecule has 114 valence electrons. The zero-order valence-electron chi connectivity index (χ0n) is 12.1. The molecular weight excluding hydrogens is 285 g/mol. The Kier molecular flexibility index (Phi) is 3.93. The van der Waals surface area contributed by atoms with E-state index in [-0.39, 0.29) is 12.4 Å². The van der Waals surface area contributed by atoms with Crippen LogP contribution in [0.2, 0.25) is 0 Å². The largest absolute Gasteiger partial charge is 0.493 e. The molecule has 0 saturated carbocycles. The zero-order chi connectivity index (χ0) is 15.5. The predicted octanol–water partition coefficient (Wildman–Crippen LogP) is 2.21. The molecule has 3 rings (SSSR count). The minimum atomic E-state index is -0.301. The van der Waals surface area contributed by atoms with Crippen molar-refractivity contribution in [2.75, 3.05) is 25.6 Å². The normalized spacial score (nSPS) is 17.0. The number of benzene rings is 1. The lowest BCUT2D eigenvalue weighted by Gasteiger charge is -2.31. The summed E-state index contributed by atoms with van der Waals surface area (Å²) >= 11 is 0. The van der Waals surface area contributed by atoms with Gasteiger partial charge in [-0.2, -0.15) is 0 Å². The van der Waals surface area contributed by atoms with Gasteiger partial charge in [0.2, 0.25) is 0 Å². The summed E-state index contributed by atoms with van der Waals surface area (Å²) in [6, 6.07) is 5.98. The molecule has 0 bridgehead atoms. The van der Waals surface area contributed by atoms with Crippen LogP contribution in [0.5, 0.6) is 0 Å². The molecule has 2 aliphatic heterocycles. The average Bonchev–Trinajstić information content (AvgIpc) is 2.55. The minimum absolute atomic E-state index is 0.114. The van der Waals surface area contributed by atoms with E-state index in [0.29, 0.717) is 29.6 Å². The van der Waals surface area contributed by atoms with Crippen molar-refractivity contribution in [3.63, 3.8) is 0 Å². The van der Waals surface area contributed by atoms with Crippen LogP contribution in [0.1, 0.15) is 0 Å². The Labute approximate surface area is 127 Å². The summed E-state index contributed by atoms with van der Waals surface area (Å²) in [6.07, 6.45) is 5.58. The molecule has 0 aliphatic carbocycles. The monoisotopic (exact) mass is 301 g/mol. The van der Waals surface area contributed by atoms with Gasteiger partial charge in [-0.3, -0.25) is 0 Å². The third-order valence-electron chi connectivity index (χ3n) is 3.44. The van der Waals surface area contributed by atoms with Gasteiger partial charge >= 0.3 is 0 Å². The van der Waals surface area contributed by atoms with Crippen molar-refractivity contribution in [3.05, 3.63) is 65.6 Å². The van der Waals surface area contributed by atoms with Gasteiger partial charge in [0.15, 0.2) is 11.6 Å². The molecule has 0 unspecified atom stereocenters. The van der Waals surface area contributed by atoms with Crippen LogP contribution >= 0.6 is 0 Å². The van der Waals surface area contributed by atoms with E-state index in [1.54, 1.807) is 19.2 Å². The van der Waals surface area contributed by atoms with E-state index < -0.39 is 0 Å². The smallest absolute Gasteiger partial charge is 0.177 e. The first kappa shape index (κ1) is 14.3. The number of aliphatic hydroxyl groups excluding tert-OH is 1. The van der Waals surface area contributed by atoms with Crippen LogP contribution in [-0.2, 0) is 4.74 Å². The van der Waals surface area contributed by atoms with Gasteiger partial charge in [0.05, 0.1) is 20.3 Å². The van der Waals surface area contributed by atoms with E-state index in [0.717, 1.165) is 5.57 Å². The maximum Gasteiger partial charge on any atom is 0.177 e. The van der Waals surface area contributed by atoms with E-state index in [1.807, 2.05) is 23.3 Å². The van der Waals surface area contributed by atoms with Gasteiger partial charge in [-0.05, 0) is 36.4 Å². The summed E-state index contributed by atoms with van der Waals surface area (Å²) in [4.78, 5) is 6.44. The second kappa shape index (κ2) is 6.03. The number of anilines is 1. The quantitative estimate of drug-likeness (QED) is 0.895. The van der Waals surface area contributed by atoms with Crippen molar-refractivity contribution >= 4 is 11.5 Å². The van der Waals surface area contributed by atoms with Crippen LogP contribution in [0.25, 0.3) is 0 Å². The molecule has 0 amide bonds. The number of hydrogen-bond donors (Lipinski definition) is 2. The second-order valence-electron chi connectivity index (χ2n) is 4.88. The van der Waals surface area contributed by atoms with Crippen LogP contribution in [0.4, 0.5) is 10.1 Å². The molecule has 2 aliphatic rings. The zero-order valence-corrected chi connectivity index (χ0v) is 12.1. The second-order valence-corrected chi connectivity index (χ2v) is 4.88. The maximum atomic E-state index is 13.0. The van der Waals surface area contributed by atoms with Gasteiger partial charge in [0.25, 0.3) is 0 Å². The maximum absolute atomic E-state index is 13.0. The number of ether oxygens (including phenoxy) is 1. The van der Waals surface area contributed by atoms with Gasteiger partial charge in [-0.15, -0.1) is 0 Å². The number of fused-ring (bicyclic) bond motifs is 1. The molecule has 0 atom stereocenters. The molecule has 2 heterocycles. The summed E-state index contributed by atoms with van der Waals surface area (Å²) in [6.45, 7) is 0.396. The summed E-state index contributed by atoms with van der Waals surface area (Å²) in [5.41, 5.74) is 1.45. The van der Waals surface area contributed by atoms with Crippen molar-refractivity contribution in [2.24, 2.45) is 4.99 Å². The van der Waals surface area contributed by atoms with E-state index in [2.05, 4.69) is 10.3 Å². The lowest BCUT2D eigenvalue weighted by Crippen LogP contribution is -2.36. The highest BCUT2D eigenvalue weighted by molar-refractivity contribution is 6.00. The summed E-state index contributed by atoms with van der Waals surface area (Å²) in [5.74, 6) is 1.58. The lowest BCUT2D eigenvalue weighted by atomic mass is 10.1. The van der Waals surface area contributed by atoms with Gasteiger partial charge in [0.1, 0.15) is 11.6 Å². The van der Waals surface area contributed by atoms with E-state index in [9.17, 15) is 9.50 Å². The Morgan fingerprint density at radius 2 is 2.14 bits per heavy atom. The molecule has 6 heteroatoms. The Bertz CT molecular complexity index is 690. The Morgan fingerprint density at radius 1 is 1.36 bits per heavy atom. The highest BCUT2D eigenvalue weighted by Gasteiger charge is 2.25. The van der Waals surface area contributed by atoms with Crippen molar-refractivity contribution in [3.8, 4) is 0 Å². The Morgan fingerprint density at radius 3 is 2.82 bits per heavy atom. The van der Waals surface area contributed by atoms with Crippen molar-refractivity contribution < 1.29 is 14.2 Å². The van der Waals surface area contributed by atoms with Gasteiger partial charge in [-0.25, -0.2) is 9.38 Å². The number of amidine groups is 1. The highest BCUT2D eigenvalue weighted by Crippen LogP contribution is 2.24. The molecule has 0 radical (unpaired) electrons. The third kappa shape index (κ3) is 2.73. The van der Waals surface area contributed by atoms with Crippen molar-refractivity contribution in [1.29, 1.82) is 0 Å². The van der Waals surface area contributed by atoms with E-state index >= 15 is 0 Å².